The number of hydrogen-bond acceptors (Lipinski definition) is 2. The molecule has 1 heterocycles. The number of aliphatic imine (C=N–C) groups is 1. The van der Waals surface area contributed by atoms with Gasteiger partial charge in [0.15, 0.2) is 0 Å². The van der Waals surface area contributed by atoms with Gasteiger partial charge < -0.3 is 0 Å². The third-order valence-electron chi connectivity index (χ3n) is 3.53. The van der Waals surface area contributed by atoms with Crippen molar-refractivity contribution in [2.75, 3.05) is 0 Å². The molecule has 0 aromatic heterocycles. The number of nitrogens with zero attached hydrogens (tertiary/aromatic N) is 1. The number of hydrogen-bond donors (Lipinski definition) is 0. The fourth-order valence-corrected chi connectivity index (χ4v) is 3.73. The molecule has 102 valence electrons. The molecule has 0 saturated heterocycles. The van der Waals surface area contributed by atoms with E-state index in [4.69, 9.17) is 4.99 Å². The molecule has 1 aliphatic rings. The van der Waals surface area contributed by atoms with E-state index in [9.17, 15) is 0 Å². The summed E-state index contributed by atoms with van der Waals surface area (Å²) in [6.07, 6.45) is 0. The van der Waals surface area contributed by atoms with E-state index in [0.29, 0.717) is 11.2 Å². The lowest BCUT2D eigenvalue weighted by molar-refractivity contribution is 0.897. The van der Waals surface area contributed by atoms with Crippen molar-refractivity contribution in [1.29, 1.82) is 0 Å². The monoisotopic (exact) mass is 281 g/mol. The van der Waals surface area contributed by atoms with Gasteiger partial charge in [-0.3, -0.25) is 0 Å². The average molecular weight is 281 g/mol. The third kappa shape index (κ3) is 2.53. The molecule has 0 bridgehead atoms. The average Bonchev–Trinajstić information content (AvgIpc) is 2.47. The Balaban J connectivity index is 2.13. The minimum absolute atomic E-state index is 0.362. The zero-order valence-corrected chi connectivity index (χ0v) is 12.9. The van der Waals surface area contributed by atoms with Gasteiger partial charge in [0.25, 0.3) is 0 Å². The van der Waals surface area contributed by atoms with Gasteiger partial charge in [-0.05, 0) is 24.1 Å². The van der Waals surface area contributed by atoms with Gasteiger partial charge in [0, 0.05) is 5.92 Å². The van der Waals surface area contributed by atoms with Crippen LogP contribution in [0.1, 0.15) is 35.8 Å². The molecule has 0 N–H and O–H groups in total. The van der Waals surface area contributed by atoms with Crippen molar-refractivity contribution in [2.45, 2.75) is 26.0 Å². The third-order valence-corrected chi connectivity index (χ3v) is 5.10. The van der Waals surface area contributed by atoms with Crippen LogP contribution in [-0.2, 0) is 0 Å². The van der Waals surface area contributed by atoms with Crippen LogP contribution < -0.4 is 0 Å². The van der Waals surface area contributed by atoms with E-state index >= 15 is 0 Å². The molecule has 2 aromatic rings. The Kier molecular flexibility index (Phi) is 3.66. The number of aryl methyl sites for hydroxylation is 1. The van der Waals surface area contributed by atoms with Gasteiger partial charge in [-0.1, -0.05) is 73.6 Å². The molecule has 0 spiro atoms. The van der Waals surface area contributed by atoms with E-state index in [2.05, 4.69) is 69.3 Å². The maximum atomic E-state index is 4.84. The van der Waals surface area contributed by atoms with Crippen LogP contribution in [0.5, 0.6) is 0 Å². The van der Waals surface area contributed by atoms with Crippen LogP contribution in [0, 0.1) is 12.8 Å². The molecule has 1 atom stereocenters. The van der Waals surface area contributed by atoms with Crippen LogP contribution in [0.25, 0.3) is 0 Å². The van der Waals surface area contributed by atoms with Crippen molar-refractivity contribution < 1.29 is 0 Å². The fourth-order valence-electron chi connectivity index (χ4n) is 2.46. The molecule has 1 unspecified atom stereocenters. The fraction of sp³-hybridized carbons (Fsp3) is 0.278. The second-order valence-electron chi connectivity index (χ2n) is 5.58. The molecular formula is C18H19NS. The quantitative estimate of drug-likeness (QED) is 0.706. The van der Waals surface area contributed by atoms with E-state index < -0.39 is 0 Å². The van der Waals surface area contributed by atoms with Crippen LogP contribution >= 0.6 is 11.8 Å². The number of rotatable bonds is 2. The highest BCUT2D eigenvalue weighted by molar-refractivity contribution is 8.14. The van der Waals surface area contributed by atoms with Gasteiger partial charge >= 0.3 is 0 Å². The molecule has 1 nitrogen and oxygen atoms in total. The Hall–Kier alpha value is -1.54. The Morgan fingerprint density at radius 3 is 2.50 bits per heavy atom. The summed E-state index contributed by atoms with van der Waals surface area (Å²) in [6.45, 7) is 6.58. The van der Waals surface area contributed by atoms with Crippen LogP contribution in [0.15, 0.2) is 53.5 Å². The highest BCUT2D eigenvalue weighted by Crippen LogP contribution is 2.46. The summed E-state index contributed by atoms with van der Waals surface area (Å²) in [4.78, 5) is 4.84. The summed E-state index contributed by atoms with van der Waals surface area (Å²) in [6, 6.07) is 17.3. The minimum Gasteiger partial charge on any atom is -0.246 e. The first-order valence-corrected chi connectivity index (χ1v) is 7.94. The summed E-state index contributed by atoms with van der Waals surface area (Å²) < 4.78 is 0. The molecule has 0 saturated carbocycles. The van der Waals surface area contributed by atoms with Crippen molar-refractivity contribution >= 4 is 22.5 Å². The van der Waals surface area contributed by atoms with Crippen LogP contribution in [0.4, 0.5) is 5.69 Å². The summed E-state index contributed by atoms with van der Waals surface area (Å²) in [5.74, 6) is 0.473. The normalized spacial score (nSPS) is 17.8. The summed E-state index contributed by atoms with van der Waals surface area (Å²) in [5.41, 5.74) is 5.13. The van der Waals surface area contributed by atoms with Gasteiger partial charge in [0.05, 0.1) is 16.0 Å². The van der Waals surface area contributed by atoms with Crippen molar-refractivity contribution in [3.63, 3.8) is 0 Å². The maximum Gasteiger partial charge on any atom is 0.0773 e. The van der Waals surface area contributed by atoms with E-state index in [-0.39, 0.29) is 0 Å². The molecule has 0 fully saturated rings. The predicted molar refractivity (Wildman–Crippen MR) is 89.0 cm³/mol. The Labute approximate surface area is 125 Å². The minimum atomic E-state index is 0.362. The lowest BCUT2D eigenvalue weighted by Crippen LogP contribution is -2.12. The van der Waals surface area contributed by atoms with Crippen LogP contribution in [0.2, 0.25) is 0 Å². The summed E-state index contributed by atoms with van der Waals surface area (Å²) in [5, 5.41) is 1.59. The summed E-state index contributed by atoms with van der Waals surface area (Å²) >= 11 is 1.89. The zero-order chi connectivity index (χ0) is 14.1. The molecule has 3 rings (SSSR count). The first-order valence-electron chi connectivity index (χ1n) is 7.06. The van der Waals surface area contributed by atoms with Crippen molar-refractivity contribution in [1.82, 2.24) is 0 Å². The highest BCUT2D eigenvalue weighted by atomic mass is 32.2. The zero-order valence-electron chi connectivity index (χ0n) is 12.1. The molecule has 0 radical (unpaired) electrons. The first-order chi connectivity index (χ1) is 9.65. The molecule has 0 amide bonds. The highest BCUT2D eigenvalue weighted by Gasteiger charge is 2.26. The molecule has 2 aromatic carbocycles. The Morgan fingerprint density at radius 1 is 1.05 bits per heavy atom. The SMILES string of the molecule is Cc1ccc2c(c1)C(c1ccccc1)SC(C(C)C)=N2. The van der Waals surface area contributed by atoms with Crippen LogP contribution in [0.3, 0.4) is 0 Å². The van der Waals surface area contributed by atoms with Crippen LogP contribution in [-0.4, -0.2) is 5.04 Å². The van der Waals surface area contributed by atoms with E-state index in [1.165, 1.54) is 21.7 Å². The molecule has 20 heavy (non-hydrogen) atoms. The lowest BCUT2D eigenvalue weighted by Gasteiger charge is -2.26. The van der Waals surface area contributed by atoms with E-state index in [0.717, 1.165) is 5.69 Å². The van der Waals surface area contributed by atoms with Gasteiger partial charge in [-0.2, -0.15) is 0 Å². The maximum absolute atomic E-state index is 4.84. The van der Waals surface area contributed by atoms with Gasteiger partial charge in [0.1, 0.15) is 0 Å². The Bertz CT molecular complexity index is 644. The standard InChI is InChI=1S/C18H19NS/c1-12(2)18-19-16-10-9-13(3)11-15(16)17(20-18)14-7-5-4-6-8-14/h4-12,17H,1-3H3. The van der Waals surface area contributed by atoms with E-state index in [1.807, 2.05) is 11.8 Å². The first kappa shape index (κ1) is 13.4. The largest absolute Gasteiger partial charge is 0.246 e. The number of benzene rings is 2. The molecule has 1 aliphatic heterocycles. The second kappa shape index (κ2) is 5.45. The molecular weight excluding hydrogens is 262 g/mol. The lowest BCUT2D eigenvalue weighted by atomic mass is 10.0. The predicted octanol–water partition coefficient (Wildman–Crippen LogP) is 5.52. The van der Waals surface area contributed by atoms with E-state index in [1.54, 1.807) is 0 Å². The number of thioether (sulfide) groups is 1. The van der Waals surface area contributed by atoms with Crippen molar-refractivity contribution in [3.05, 3.63) is 65.2 Å². The Morgan fingerprint density at radius 2 is 1.80 bits per heavy atom. The van der Waals surface area contributed by atoms with Gasteiger partial charge in [0.2, 0.25) is 0 Å². The molecule has 2 heteroatoms. The van der Waals surface area contributed by atoms with Gasteiger partial charge in [-0.25, -0.2) is 4.99 Å². The molecule has 0 aliphatic carbocycles. The van der Waals surface area contributed by atoms with Crippen molar-refractivity contribution in [2.24, 2.45) is 10.9 Å². The smallest absolute Gasteiger partial charge is 0.0773 e. The second-order valence-corrected chi connectivity index (χ2v) is 6.70. The van der Waals surface area contributed by atoms with Crippen molar-refractivity contribution in [3.8, 4) is 0 Å². The summed E-state index contributed by atoms with van der Waals surface area (Å²) in [7, 11) is 0. The van der Waals surface area contributed by atoms with Gasteiger partial charge in [-0.15, -0.1) is 0 Å². The topological polar surface area (TPSA) is 12.4 Å². The number of fused-ring (bicyclic) bond motifs is 1.